The molecule has 3 aromatic rings. The van der Waals surface area contributed by atoms with Crippen molar-refractivity contribution < 1.29 is 14.6 Å². The van der Waals surface area contributed by atoms with Crippen molar-refractivity contribution in [3.05, 3.63) is 72.4 Å². The largest absolute Gasteiger partial charge is 0.494 e. The first-order valence-corrected chi connectivity index (χ1v) is 8.40. The summed E-state index contributed by atoms with van der Waals surface area (Å²) in [5, 5.41) is 9.03. The number of rotatable bonds is 7. The number of hydrogen-bond acceptors (Lipinski definition) is 2. The number of aryl methyl sites for hydroxylation is 1. The Balaban J connectivity index is 2.04. The molecular weight excluding hydrogens is 314 g/mol. The highest BCUT2D eigenvalue weighted by Gasteiger charge is 2.13. The normalized spacial score (nSPS) is 10.6. The Morgan fingerprint density at radius 1 is 1.00 bits per heavy atom. The van der Waals surface area contributed by atoms with Crippen LogP contribution in [0.25, 0.3) is 16.9 Å². The molecule has 0 aliphatic heterocycles. The second-order valence-corrected chi connectivity index (χ2v) is 5.73. The molecule has 0 fully saturated rings. The third-order valence-corrected chi connectivity index (χ3v) is 4.03. The Kier molecular flexibility index (Phi) is 5.19. The molecule has 0 aliphatic carbocycles. The maximum Gasteiger partial charge on any atom is 0.303 e. The van der Waals surface area contributed by atoms with Crippen LogP contribution < -0.4 is 4.74 Å². The summed E-state index contributed by atoms with van der Waals surface area (Å²) in [7, 11) is 0. The van der Waals surface area contributed by atoms with Crippen LogP contribution in [0.3, 0.4) is 0 Å². The van der Waals surface area contributed by atoms with Gasteiger partial charge in [0.15, 0.2) is 0 Å². The van der Waals surface area contributed by atoms with Gasteiger partial charge in [-0.25, -0.2) is 0 Å². The van der Waals surface area contributed by atoms with E-state index in [0.717, 1.165) is 28.4 Å². The number of nitrogens with zero attached hydrogens (tertiary/aromatic N) is 1. The fourth-order valence-electron chi connectivity index (χ4n) is 2.91. The zero-order valence-corrected chi connectivity index (χ0v) is 14.2. The monoisotopic (exact) mass is 335 g/mol. The van der Waals surface area contributed by atoms with Gasteiger partial charge in [-0.2, -0.15) is 0 Å². The first-order chi connectivity index (χ1) is 12.2. The van der Waals surface area contributed by atoms with E-state index in [0.29, 0.717) is 13.0 Å². The van der Waals surface area contributed by atoms with Crippen molar-refractivity contribution in [2.75, 3.05) is 6.61 Å². The third kappa shape index (κ3) is 3.91. The summed E-state index contributed by atoms with van der Waals surface area (Å²) in [4.78, 5) is 11.0. The molecule has 0 bridgehead atoms. The molecule has 0 saturated carbocycles. The van der Waals surface area contributed by atoms with Gasteiger partial charge in [0, 0.05) is 11.4 Å². The summed E-state index contributed by atoms with van der Waals surface area (Å²) in [5.41, 5.74) is 4.11. The van der Waals surface area contributed by atoms with E-state index in [1.807, 2.05) is 61.5 Å². The average molecular weight is 335 g/mol. The van der Waals surface area contributed by atoms with E-state index in [2.05, 4.69) is 16.7 Å². The third-order valence-electron chi connectivity index (χ3n) is 4.03. The lowest BCUT2D eigenvalue weighted by molar-refractivity contribution is -0.136. The van der Waals surface area contributed by atoms with Crippen LogP contribution >= 0.6 is 0 Å². The highest BCUT2D eigenvalue weighted by atomic mass is 16.5. The number of carbonyl (C=O) groups is 1. The van der Waals surface area contributed by atoms with Crippen molar-refractivity contribution in [2.24, 2.45) is 0 Å². The van der Waals surface area contributed by atoms with Crippen LogP contribution in [0.15, 0.2) is 66.7 Å². The van der Waals surface area contributed by atoms with Crippen LogP contribution in [0.1, 0.15) is 19.0 Å². The Hall–Kier alpha value is -3.01. The smallest absolute Gasteiger partial charge is 0.303 e. The summed E-state index contributed by atoms with van der Waals surface area (Å²) < 4.78 is 7.63. The minimum Gasteiger partial charge on any atom is -0.494 e. The van der Waals surface area contributed by atoms with E-state index < -0.39 is 5.97 Å². The van der Waals surface area contributed by atoms with Crippen molar-refractivity contribution in [2.45, 2.75) is 19.8 Å². The molecule has 128 valence electrons. The minimum absolute atomic E-state index is 0.106. The van der Waals surface area contributed by atoms with Crippen LogP contribution in [-0.4, -0.2) is 22.2 Å². The van der Waals surface area contributed by atoms with Gasteiger partial charge in [-0.15, -0.1) is 0 Å². The Morgan fingerprint density at radius 2 is 1.72 bits per heavy atom. The van der Waals surface area contributed by atoms with Gasteiger partial charge < -0.3 is 14.4 Å². The molecule has 3 rings (SSSR count). The zero-order valence-electron chi connectivity index (χ0n) is 14.2. The standard InChI is InChI=1S/C21H21NO3/c1-2-25-19-12-8-17(9-13-19)22-18(11-15-21(23)24)10-14-20(22)16-6-4-3-5-7-16/h3-10,12-14H,2,11,15H2,1H3,(H,23,24). The number of carboxylic acid groups (broad SMARTS) is 1. The van der Waals surface area contributed by atoms with Crippen LogP contribution in [0.5, 0.6) is 5.75 Å². The van der Waals surface area contributed by atoms with Crippen LogP contribution in [-0.2, 0) is 11.2 Å². The molecule has 1 N–H and O–H groups in total. The molecule has 0 spiro atoms. The van der Waals surface area contributed by atoms with E-state index in [-0.39, 0.29) is 6.42 Å². The molecule has 1 heterocycles. The van der Waals surface area contributed by atoms with Crippen molar-refractivity contribution in [3.8, 4) is 22.7 Å². The molecule has 0 atom stereocenters. The SMILES string of the molecule is CCOc1ccc(-n2c(CCC(=O)O)ccc2-c2ccccc2)cc1. The van der Waals surface area contributed by atoms with Crippen molar-refractivity contribution in [1.82, 2.24) is 4.57 Å². The molecule has 4 heteroatoms. The first kappa shape index (κ1) is 16.8. The quantitative estimate of drug-likeness (QED) is 0.688. The van der Waals surface area contributed by atoms with Gasteiger partial charge in [0.25, 0.3) is 0 Å². The van der Waals surface area contributed by atoms with Gasteiger partial charge in [-0.05, 0) is 55.3 Å². The molecule has 0 unspecified atom stereocenters. The topological polar surface area (TPSA) is 51.5 Å². The fraction of sp³-hybridized carbons (Fsp3) is 0.190. The summed E-state index contributed by atoms with van der Waals surface area (Å²) in [5.74, 6) is 0.0347. The molecule has 2 aromatic carbocycles. The molecule has 25 heavy (non-hydrogen) atoms. The first-order valence-electron chi connectivity index (χ1n) is 8.40. The fourth-order valence-corrected chi connectivity index (χ4v) is 2.91. The van der Waals surface area contributed by atoms with E-state index in [4.69, 9.17) is 9.84 Å². The number of aliphatic carboxylic acids is 1. The number of hydrogen-bond donors (Lipinski definition) is 1. The van der Waals surface area contributed by atoms with Crippen molar-refractivity contribution in [1.29, 1.82) is 0 Å². The highest BCUT2D eigenvalue weighted by molar-refractivity contribution is 5.68. The predicted octanol–water partition coefficient (Wildman–Crippen LogP) is 4.56. The Morgan fingerprint density at radius 3 is 2.36 bits per heavy atom. The summed E-state index contributed by atoms with van der Waals surface area (Å²) in [6.45, 7) is 2.58. The molecule has 1 aromatic heterocycles. The Labute approximate surface area is 147 Å². The second kappa shape index (κ2) is 7.71. The predicted molar refractivity (Wildman–Crippen MR) is 98.3 cm³/mol. The van der Waals surface area contributed by atoms with Gasteiger partial charge in [-0.3, -0.25) is 4.79 Å². The lowest BCUT2D eigenvalue weighted by atomic mass is 10.1. The van der Waals surface area contributed by atoms with Crippen molar-refractivity contribution in [3.63, 3.8) is 0 Å². The summed E-state index contributed by atoms with van der Waals surface area (Å²) in [6.07, 6.45) is 0.588. The molecule has 0 amide bonds. The van der Waals surface area contributed by atoms with E-state index >= 15 is 0 Å². The maximum atomic E-state index is 11.0. The molecule has 4 nitrogen and oxygen atoms in total. The van der Waals surface area contributed by atoms with Crippen molar-refractivity contribution >= 4 is 5.97 Å². The van der Waals surface area contributed by atoms with Crippen LogP contribution in [0, 0.1) is 0 Å². The Bertz CT molecular complexity index is 835. The van der Waals surface area contributed by atoms with Gasteiger partial charge in [0.05, 0.1) is 18.7 Å². The highest BCUT2D eigenvalue weighted by Crippen LogP contribution is 2.28. The number of carboxylic acids is 1. The molecule has 0 aliphatic rings. The molecular formula is C21H21NO3. The van der Waals surface area contributed by atoms with Gasteiger partial charge in [-0.1, -0.05) is 30.3 Å². The van der Waals surface area contributed by atoms with E-state index in [9.17, 15) is 4.79 Å². The van der Waals surface area contributed by atoms with E-state index in [1.54, 1.807) is 0 Å². The minimum atomic E-state index is -0.791. The lowest BCUT2D eigenvalue weighted by Crippen LogP contribution is -2.05. The number of benzene rings is 2. The molecule has 0 saturated heterocycles. The van der Waals surface area contributed by atoms with Gasteiger partial charge in [0.1, 0.15) is 5.75 Å². The van der Waals surface area contributed by atoms with Gasteiger partial charge >= 0.3 is 5.97 Å². The van der Waals surface area contributed by atoms with E-state index in [1.165, 1.54) is 0 Å². The maximum absolute atomic E-state index is 11.0. The zero-order chi connectivity index (χ0) is 17.6. The average Bonchev–Trinajstić information content (AvgIpc) is 3.05. The van der Waals surface area contributed by atoms with Crippen LogP contribution in [0.4, 0.5) is 0 Å². The lowest BCUT2D eigenvalue weighted by Gasteiger charge is -2.14. The van der Waals surface area contributed by atoms with Crippen LogP contribution in [0.2, 0.25) is 0 Å². The summed E-state index contributed by atoms with van der Waals surface area (Å²) in [6, 6.07) is 22.0. The number of aromatic nitrogens is 1. The molecule has 0 radical (unpaired) electrons. The second-order valence-electron chi connectivity index (χ2n) is 5.73. The van der Waals surface area contributed by atoms with Gasteiger partial charge in [0.2, 0.25) is 0 Å². The summed E-state index contributed by atoms with van der Waals surface area (Å²) >= 11 is 0. The number of ether oxygens (including phenoxy) is 1.